The van der Waals surface area contributed by atoms with Gasteiger partial charge in [0.1, 0.15) is 0 Å². The summed E-state index contributed by atoms with van der Waals surface area (Å²) in [5.74, 6) is -0.0901. The molecular weight excluding hydrogens is 208 g/mol. The Bertz CT molecular complexity index is 463. The normalized spacial score (nSPS) is 17.7. The Morgan fingerprint density at radius 3 is 2.75 bits per heavy atom. The molecule has 1 N–H and O–H groups in total. The van der Waals surface area contributed by atoms with Crippen LogP contribution >= 0.6 is 0 Å². The summed E-state index contributed by atoms with van der Waals surface area (Å²) in [5.41, 5.74) is 1.22. The summed E-state index contributed by atoms with van der Waals surface area (Å²) in [6.45, 7) is 0. The number of nitrogens with zero attached hydrogens (tertiary/aromatic N) is 1. The number of carbonyl (C=O) groups excluding carboxylic acids is 2. The molecular formula is C11H10N2O3. The minimum atomic E-state index is -0.333. The molecule has 0 unspecified atom stereocenters. The van der Waals surface area contributed by atoms with E-state index < -0.39 is 0 Å². The van der Waals surface area contributed by atoms with Gasteiger partial charge in [-0.15, -0.1) is 0 Å². The summed E-state index contributed by atoms with van der Waals surface area (Å²) in [6, 6.07) is 3.47. The van der Waals surface area contributed by atoms with Gasteiger partial charge in [-0.05, 0) is 17.7 Å². The molecule has 2 heterocycles. The molecule has 0 spiro atoms. The van der Waals surface area contributed by atoms with Crippen LogP contribution in [0.2, 0.25) is 0 Å². The fourth-order valence-corrected chi connectivity index (χ4v) is 1.42. The molecule has 1 saturated heterocycles. The maximum Gasteiger partial charge on any atom is 0.254 e. The lowest BCUT2D eigenvalue weighted by Gasteiger charge is -1.98. The van der Waals surface area contributed by atoms with Crippen LogP contribution in [0.1, 0.15) is 12.0 Å². The fourth-order valence-electron chi connectivity index (χ4n) is 1.42. The van der Waals surface area contributed by atoms with Crippen molar-refractivity contribution in [2.45, 2.75) is 6.42 Å². The first-order valence-electron chi connectivity index (χ1n) is 4.74. The molecule has 0 atom stereocenters. The Morgan fingerprint density at radius 2 is 2.25 bits per heavy atom. The van der Waals surface area contributed by atoms with Crippen LogP contribution in [0.25, 0.3) is 6.08 Å². The first kappa shape index (κ1) is 10.4. The Kier molecular flexibility index (Phi) is 2.68. The maximum atomic E-state index is 11.3. The van der Waals surface area contributed by atoms with Gasteiger partial charge >= 0.3 is 0 Å². The first-order valence-corrected chi connectivity index (χ1v) is 4.74. The Hall–Kier alpha value is -2.17. The second-order valence-electron chi connectivity index (χ2n) is 3.36. The predicted molar refractivity (Wildman–Crippen MR) is 56.5 cm³/mol. The average molecular weight is 218 g/mol. The molecule has 16 heavy (non-hydrogen) atoms. The van der Waals surface area contributed by atoms with Crippen LogP contribution in [0.4, 0.5) is 0 Å². The lowest BCUT2D eigenvalue weighted by Crippen LogP contribution is -2.19. The van der Waals surface area contributed by atoms with Crippen molar-refractivity contribution in [1.29, 1.82) is 0 Å². The third kappa shape index (κ3) is 2.08. The van der Waals surface area contributed by atoms with E-state index in [1.165, 1.54) is 7.11 Å². The largest absolute Gasteiger partial charge is 0.481 e. The molecule has 0 saturated carbocycles. The van der Waals surface area contributed by atoms with Gasteiger partial charge < -0.3 is 4.74 Å². The van der Waals surface area contributed by atoms with Crippen molar-refractivity contribution in [2.75, 3.05) is 7.11 Å². The first-order chi connectivity index (χ1) is 7.69. The number of aromatic nitrogens is 1. The van der Waals surface area contributed by atoms with Crippen molar-refractivity contribution in [3.8, 4) is 5.88 Å². The average Bonchev–Trinajstić information content (AvgIpc) is 2.59. The van der Waals surface area contributed by atoms with Crippen LogP contribution < -0.4 is 10.1 Å². The van der Waals surface area contributed by atoms with Crippen LogP contribution in [0.5, 0.6) is 5.88 Å². The molecule has 0 aromatic carbocycles. The predicted octanol–water partition coefficient (Wildman–Crippen LogP) is 0.520. The third-order valence-electron chi connectivity index (χ3n) is 2.20. The highest BCUT2D eigenvalue weighted by Crippen LogP contribution is 2.15. The van der Waals surface area contributed by atoms with E-state index in [0.717, 1.165) is 5.56 Å². The van der Waals surface area contributed by atoms with Crippen LogP contribution in [0.15, 0.2) is 23.9 Å². The van der Waals surface area contributed by atoms with E-state index >= 15 is 0 Å². The van der Waals surface area contributed by atoms with Crippen molar-refractivity contribution in [1.82, 2.24) is 10.3 Å². The van der Waals surface area contributed by atoms with Gasteiger partial charge in [0.05, 0.1) is 13.5 Å². The van der Waals surface area contributed by atoms with Gasteiger partial charge in [0.25, 0.3) is 5.91 Å². The number of carbonyl (C=O) groups is 2. The highest BCUT2D eigenvalue weighted by molar-refractivity contribution is 6.15. The van der Waals surface area contributed by atoms with Crippen LogP contribution in [0.3, 0.4) is 0 Å². The van der Waals surface area contributed by atoms with E-state index in [1.807, 2.05) is 0 Å². The summed E-state index contributed by atoms with van der Waals surface area (Å²) in [5, 5.41) is 2.22. The molecule has 0 aliphatic carbocycles. The summed E-state index contributed by atoms with van der Waals surface area (Å²) in [7, 11) is 1.53. The topological polar surface area (TPSA) is 68.3 Å². The van der Waals surface area contributed by atoms with Crippen molar-refractivity contribution < 1.29 is 14.3 Å². The molecule has 0 radical (unpaired) electrons. The van der Waals surface area contributed by atoms with Gasteiger partial charge in [-0.25, -0.2) is 4.98 Å². The summed E-state index contributed by atoms with van der Waals surface area (Å²) in [6.07, 6.45) is 3.36. The Morgan fingerprint density at radius 1 is 1.44 bits per heavy atom. The zero-order chi connectivity index (χ0) is 11.5. The second kappa shape index (κ2) is 4.14. The Labute approximate surface area is 92.1 Å². The summed E-state index contributed by atoms with van der Waals surface area (Å²) in [4.78, 5) is 26.2. The van der Waals surface area contributed by atoms with Crippen molar-refractivity contribution in [3.63, 3.8) is 0 Å². The molecule has 1 aliphatic rings. The standard InChI is InChI=1S/C11H10N2O3/c1-16-10-3-2-7(6-12-10)4-8-5-9(14)13-11(8)15/h2-4,6H,5H2,1H3,(H,13,14,15)/b8-4-. The molecule has 1 aromatic rings. The van der Waals surface area contributed by atoms with E-state index in [4.69, 9.17) is 4.74 Å². The summed E-state index contributed by atoms with van der Waals surface area (Å²) >= 11 is 0. The molecule has 5 heteroatoms. The monoisotopic (exact) mass is 218 g/mol. The highest BCUT2D eigenvalue weighted by Gasteiger charge is 2.23. The molecule has 2 amide bonds. The van der Waals surface area contributed by atoms with Gasteiger partial charge in [-0.3, -0.25) is 14.9 Å². The quantitative estimate of drug-likeness (QED) is 0.580. The molecule has 1 fully saturated rings. The minimum absolute atomic E-state index is 0.130. The van der Waals surface area contributed by atoms with E-state index in [2.05, 4.69) is 10.3 Å². The van der Waals surface area contributed by atoms with Crippen molar-refractivity contribution in [2.24, 2.45) is 0 Å². The molecule has 2 rings (SSSR count). The van der Waals surface area contributed by atoms with E-state index in [-0.39, 0.29) is 18.2 Å². The van der Waals surface area contributed by atoms with Gasteiger partial charge in [-0.2, -0.15) is 0 Å². The number of methoxy groups -OCH3 is 1. The molecule has 1 aromatic heterocycles. The van der Waals surface area contributed by atoms with Crippen LogP contribution in [-0.4, -0.2) is 23.9 Å². The van der Waals surface area contributed by atoms with E-state index in [9.17, 15) is 9.59 Å². The minimum Gasteiger partial charge on any atom is -0.481 e. The fraction of sp³-hybridized carbons (Fsp3) is 0.182. The maximum absolute atomic E-state index is 11.3. The zero-order valence-electron chi connectivity index (χ0n) is 8.69. The number of nitrogens with one attached hydrogen (secondary N) is 1. The zero-order valence-corrected chi connectivity index (χ0v) is 8.69. The number of imide groups is 1. The van der Waals surface area contributed by atoms with Crippen LogP contribution in [-0.2, 0) is 9.59 Å². The number of pyridine rings is 1. The number of hydrogen-bond acceptors (Lipinski definition) is 4. The van der Waals surface area contributed by atoms with E-state index in [0.29, 0.717) is 11.5 Å². The summed E-state index contributed by atoms with van der Waals surface area (Å²) < 4.78 is 4.91. The number of rotatable bonds is 2. The van der Waals surface area contributed by atoms with Crippen molar-refractivity contribution >= 4 is 17.9 Å². The Balaban J connectivity index is 2.22. The third-order valence-corrected chi connectivity index (χ3v) is 2.20. The van der Waals surface area contributed by atoms with E-state index in [1.54, 1.807) is 24.4 Å². The lowest BCUT2D eigenvalue weighted by atomic mass is 10.1. The van der Waals surface area contributed by atoms with Gasteiger partial charge in [0.15, 0.2) is 0 Å². The van der Waals surface area contributed by atoms with Crippen molar-refractivity contribution in [3.05, 3.63) is 29.5 Å². The highest BCUT2D eigenvalue weighted by atomic mass is 16.5. The number of ether oxygens (including phenoxy) is 1. The lowest BCUT2D eigenvalue weighted by molar-refractivity contribution is -0.124. The van der Waals surface area contributed by atoms with Gasteiger partial charge in [0, 0.05) is 17.8 Å². The SMILES string of the molecule is COc1ccc(/C=C2/CC(=O)NC2=O)cn1. The molecule has 0 bridgehead atoms. The molecule has 82 valence electrons. The number of hydrogen-bond donors (Lipinski definition) is 1. The number of amides is 2. The smallest absolute Gasteiger partial charge is 0.254 e. The van der Waals surface area contributed by atoms with Gasteiger partial charge in [0.2, 0.25) is 11.8 Å². The van der Waals surface area contributed by atoms with Crippen LogP contribution in [0, 0.1) is 0 Å². The molecule has 5 nitrogen and oxygen atoms in total. The molecule has 1 aliphatic heterocycles. The second-order valence-corrected chi connectivity index (χ2v) is 3.36. The van der Waals surface area contributed by atoms with Gasteiger partial charge in [-0.1, -0.05) is 0 Å².